The summed E-state index contributed by atoms with van der Waals surface area (Å²) < 4.78 is 27.0. The van der Waals surface area contributed by atoms with Gasteiger partial charge >= 0.3 is 0 Å². The predicted molar refractivity (Wildman–Crippen MR) is 97.4 cm³/mol. The summed E-state index contributed by atoms with van der Waals surface area (Å²) in [6.45, 7) is 4.74. The summed E-state index contributed by atoms with van der Waals surface area (Å²) in [6.07, 6.45) is 0. The Kier molecular flexibility index (Phi) is 5.73. The molecule has 138 valence electrons. The van der Waals surface area contributed by atoms with Crippen molar-refractivity contribution in [3.05, 3.63) is 63.7 Å². The van der Waals surface area contributed by atoms with E-state index in [1.165, 1.54) is 44.2 Å². The van der Waals surface area contributed by atoms with E-state index < -0.39 is 26.9 Å². The van der Waals surface area contributed by atoms with E-state index in [4.69, 9.17) is 0 Å². The molecule has 0 aromatic heterocycles. The SMILES string of the molecule is Cc1ccc(S(=O)(=O)N[C@@H](C)C(=O)Nc2cccc([N+](=O)[O-])c2C)cc1. The number of nitrogens with one attached hydrogen (secondary N) is 2. The highest BCUT2D eigenvalue weighted by Gasteiger charge is 2.23. The second kappa shape index (κ2) is 7.63. The molecule has 0 saturated heterocycles. The molecule has 0 aliphatic heterocycles. The van der Waals surface area contributed by atoms with Gasteiger partial charge < -0.3 is 5.32 Å². The van der Waals surface area contributed by atoms with Gasteiger partial charge in [-0.15, -0.1) is 0 Å². The topological polar surface area (TPSA) is 118 Å². The smallest absolute Gasteiger partial charge is 0.274 e. The lowest BCUT2D eigenvalue weighted by atomic mass is 10.1. The molecule has 0 aliphatic rings. The van der Waals surface area contributed by atoms with Crippen molar-refractivity contribution in [3.63, 3.8) is 0 Å². The molecule has 0 bridgehead atoms. The molecular weight excluding hydrogens is 358 g/mol. The van der Waals surface area contributed by atoms with E-state index in [0.717, 1.165) is 5.56 Å². The highest BCUT2D eigenvalue weighted by atomic mass is 32.2. The summed E-state index contributed by atoms with van der Waals surface area (Å²) in [4.78, 5) is 22.8. The van der Waals surface area contributed by atoms with E-state index in [9.17, 15) is 23.3 Å². The van der Waals surface area contributed by atoms with E-state index in [1.807, 2.05) is 6.92 Å². The van der Waals surface area contributed by atoms with Crippen LogP contribution in [0.3, 0.4) is 0 Å². The van der Waals surface area contributed by atoms with Crippen molar-refractivity contribution in [2.24, 2.45) is 0 Å². The van der Waals surface area contributed by atoms with Crippen LogP contribution in [0.5, 0.6) is 0 Å². The molecule has 0 saturated carbocycles. The third-order valence-corrected chi connectivity index (χ3v) is 5.37. The average Bonchev–Trinajstić information content (AvgIpc) is 2.56. The number of nitro groups is 1. The van der Waals surface area contributed by atoms with Crippen molar-refractivity contribution < 1.29 is 18.1 Å². The third kappa shape index (κ3) is 4.44. The van der Waals surface area contributed by atoms with E-state index in [-0.39, 0.29) is 16.3 Å². The number of nitrogens with zero attached hydrogens (tertiary/aromatic N) is 1. The average molecular weight is 377 g/mol. The first-order valence-corrected chi connectivity index (χ1v) is 9.24. The van der Waals surface area contributed by atoms with Crippen LogP contribution in [0.25, 0.3) is 0 Å². The summed E-state index contributed by atoms with van der Waals surface area (Å²) in [7, 11) is -3.86. The van der Waals surface area contributed by atoms with E-state index in [1.54, 1.807) is 12.1 Å². The number of hydrogen-bond donors (Lipinski definition) is 2. The fourth-order valence-corrected chi connectivity index (χ4v) is 3.47. The predicted octanol–water partition coefficient (Wildman–Crippen LogP) is 2.52. The summed E-state index contributed by atoms with van der Waals surface area (Å²) in [5, 5.41) is 13.5. The van der Waals surface area contributed by atoms with E-state index >= 15 is 0 Å². The maximum absolute atomic E-state index is 12.3. The molecule has 1 amide bonds. The minimum absolute atomic E-state index is 0.0503. The third-order valence-electron chi connectivity index (χ3n) is 3.82. The van der Waals surface area contributed by atoms with Crippen LogP contribution in [0.2, 0.25) is 0 Å². The van der Waals surface area contributed by atoms with Crippen LogP contribution in [0.4, 0.5) is 11.4 Å². The normalized spacial score (nSPS) is 12.4. The number of carbonyl (C=O) groups is 1. The van der Waals surface area contributed by atoms with Crippen molar-refractivity contribution in [1.82, 2.24) is 4.72 Å². The molecule has 2 aromatic rings. The van der Waals surface area contributed by atoms with Crippen LogP contribution >= 0.6 is 0 Å². The zero-order valence-corrected chi connectivity index (χ0v) is 15.3. The van der Waals surface area contributed by atoms with Crippen LogP contribution in [0, 0.1) is 24.0 Å². The lowest BCUT2D eigenvalue weighted by Gasteiger charge is -2.15. The largest absolute Gasteiger partial charge is 0.324 e. The van der Waals surface area contributed by atoms with Gasteiger partial charge in [-0.2, -0.15) is 4.72 Å². The number of rotatable bonds is 6. The molecule has 0 radical (unpaired) electrons. The Hall–Kier alpha value is -2.78. The van der Waals surface area contributed by atoms with Crippen LogP contribution in [-0.4, -0.2) is 25.3 Å². The van der Waals surface area contributed by atoms with Crippen molar-refractivity contribution in [3.8, 4) is 0 Å². The molecule has 8 nitrogen and oxygen atoms in total. The van der Waals surface area contributed by atoms with Gasteiger partial charge in [-0.25, -0.2) is 8.42 Å². The fourth-order valence-electron chi connectivity index (χ4n) is 2.27. The lowest BCUT2D eigenvalue weighted by molar-refractivity contribution is -0.385. The van der Waals surface area contributed by atoms with E-state index in [2.05, 4.69) is 10.0 Å². The fraction of sp³-hybridized carbons (Fsp3) is 0.235. The summed E-state index contributed by atoms with van der Waals surface area (Å²) in [5.74, 6) is -0.621. The van der Waals surface area contributed by atoms with Gasteiger partial charge in [0.2, 0.25) is 15.9 Å². The van der Waals surface area contributed by atoms with Crippen LogP contribution < -0.4 is 10.0 Å². The second-order valence-electron chi connectivity index (χ2n) is 5.85. The van der Waals surface area contributed by atoms with Crippen molar-refractivity contribution in [1.29, 1.82) is 0 Å². The van der Waals surface area contributed by atoms with Gasteiger partial charge in [-0.05, 0) is 39.0 Å². The van der Waals surface area contributed by atoms with Gasteiger partial charge in [0.25, 0.3) is 5.69 Å². The second-order valence-corrected chi connectivity index (χ2v) is 7.57. The Balaban J connectivity index is 2.14. The monoisotopic (exact) mass is 377 g/mol. The molecule has 9 heteroatoms. The highest BCUT2D eigenvalue weighted by molar-refractivity contribution is 7.89. The Morgan fingerprint density at radius 2 is 1.73 bits per heavy atom. The molecule has 2 N–H and O–H groups in total. The van der Waals surface area contributed by atoms with Gasteiger partial charge in [-0.3, -0.25) is 14.9 Å². The number of aryl methyl sites for hydroxylation is 1. The number of carbonyl (C=O) groups excluding carboxylic acids is 1. The number of benzene rings is 2. The van der Waals surface area contributed by atoms with Gasteiger partial charge in [0.1, 0.15) is 0 Å². The van der Waals surface area contributed by atoms with Crippen LogP contribution in [0.1, 0.15) is 18.1 Å². The molecule has 1 atom stereocenters. The molecule has 26 heavy (non-hydrogen) atoms. The quantitative estimate of drug-likeness (QED) is 0.592. The van der Waals surface area contributed by atoms with Crippen LogP contribution in [-0.2, 0) is 14.8 Å². The lowest BCUT2D eigenvalue weighted by Crippen LogP contribution is -2.41. The maximum atomic E-state index is 12.3. The molecule has 2 rings (SSSR count). The molecular formula is C17H19N3O5S. The number of nitro benzene ring substituents is 1. The first-order valence-electron chi connectivity index (χ1n) is 7.75. The number of sulfonamides is 1. The zero-order valence-electron chi connectivity index (χ0n) is 14.5. The molecule has 0 spiro atoms. The molecule has 0 heterocycles. The van der Waals surface area contributed by atoms with Crippen molar-refractivity contribution >= 4 is 27.3 Å². The molecule has 0 fully saturated rings. The maximum Gasteiger partial charge on any atom is 0.274 e. The van der Waals surface area contributed by atoms with Gasteiger partial charge in [-0.1, -0.05) is 23.8 Å². The van der Waals surface area contributed by atoms with Gasteiger partial charge in [0.15, 0.2) is 0 Å². The summed E-state index contributed by atoms with van der Waals surface area (Å²) >= 11 is 0. The first kappa shape index (κ1) is 19.5. The Morgan fingerprint density at radius 3 is 2.31 bits per heavy atom. The highest BCUT2D eigenvalue weighted by Crippen LogP contribution is 2.25. The van der Waals surface area contributed by atoms with Crippen LogP contribution in [0.15, 0.2) is 47.4 Å². The molecule has 0 aliphatic carbocycles. The minimum Gasteiger partial charge on any atom is -0.324 e. The molecule has 0 unspecified atom stereocenters. The van der Waals surface area contributed by atoms with Crippen molar-refractivity contribution in [2.45, 2.75) is 31.7 Å². The van der Waals surface area contributed by atoms with E-state index in [0.29, 0.717) is 5.56 Å². The first-order chi connectivity index (χ1) is 12.1. The Morgan fingerprint density at radius 1 is 1.12 bits per heavy atom. The number of amides is 1. The number of hydrogen-bond acceptors (Lipinski definition) is 5. The Bertz CT molecular complexity index is 939. The summed E-state index contributed by atoms with van der Waals surface area (Å²) in [6, 6.07) is 9.44. The molecule has 2 aromatic carbocycles. The Labute approximate surface area is 151 Å². The number of anilines is 1. The zero-order chi connectivity index (χ0) is 19.5. The van der Waals surface area contributed by atoms with Gasteiger partial charge in [0.05, 0.1) is 27.1 Å². The summed E-state index contributed by atoms with van der Waals surface area (Å²) in [5.41, 5.74) is 1.33. The van der Waals surface area contributed by atoms with Gasteiger partial charge in [0, 0.05) is 6.07 Å². The van der Waals surface area contributed by atoms with Crippen molar-refractivity contribution in [2.75, 3.05) is 5.32 Å². The standard InChI is InChI=1S/C17H19N3O5S/c1-11-7-9-14(10-8-11)26(24,25)19-13(3)17(21)18-15-5-4-6-16(12(15)2)20(22)23/h4-10,13,19H,1-3H3,(H,18,21)/t13-/m0/s1. The minimum atomic E-state index is -3.86.